The Morgan fingerprint density at radius 2 is 1.73 bits per heavy atom. The molecule has 2 aromatic carbocycles. The summed E-state index contributed by atoms with van der Waals surface area (Å²) in [5.74, 6) is 3.34. The van der Waals surface area contributed by atoms with Crippen molar-refractivity contribution in [1.29, 1.82) is 0 Å². The quantitative estimate of drug-likeness (QED) is 0.273. The molecule has 5 nitrogen and oxygen atoms in total. The van der Waals surface area contributed by atoms with E-state index in [1.165, 1.54) is 55.3 Å². The highest BCUT2D eigenvalue weighted by atomic mass is 16.7. The number of methoxy groups -OCH3 is 1. The van der Waals surface area contributed by atoms with Gasteiger partial charge in [0.2, 0.25) is 12.5 Å². The fourth-order valence-electron chi connectivity index (χ4n) is 4.94. The highest BCUT2D eigenvalue weighted by Crippen LogP contribution is 2.41. The van der Waals surface area contributed by atoms with Gasteiger partial charge in [-0.25, -0.2) is 0 Å². The lowest BCUT2D eigenvalue weighted by Gasteiger charge is -2.18. The van der Waals surface area contributed by atoms with E-state index < -0.39 is 0 Å². The molecule has 0 spiro atoms. The summed E-state index contributed by atoms with van der Waals surface area (Å²) in [6, 6.07) is 10.7. The van der Waals surface area contributed by atoms with E-state index in [4.69, 9.17) is 18.9 Å². The highest BCUT2D eigenvalue weighted by molar-refractivity contribution is 5.91. The molecule has 0 amide bonds. The van der Waals surface area contributed by atoms with Crippen LogP contribution in [-0.2, 0) is 13.0 Å². The Hall–Kier alpha value is -2.95. The zero-order chi connectivity index (χ0) is 22.6. The van der Waals surface area contributed by atoms with Crippen LogP contribution < -0.4 is 23.5 Å². The van der Waals surface area contributed by atoms with Crippen molar-refractivity contribution in [3.05, 3.63) is 42.1 Å². The summed E-state index contributed by atoms with van der Waals surface area (Å²) >= 11 is 0. The van der Waals surface area contributed by atoms with Crippen LogP contribution in [0.4, 0.5) is 0 Å². The van der Waals surface area contributed by atoms with E-state index in [-0.39, 0.29) is 0 Å². The lowest BCUT2D eigenvalue weighted by atomic mass is 9.95. The van der Waals surface area contributed by atoms with E-state index in [2.05, 4.69) is 42.0 Å². The van der Waals surface area contributed by atoms with Crippen molar-refractivity contribution < 1.29 is 23.5 Å². The summed E-state index contributed by atoms with van der Waals surface area (Å²) < 4.78 is 25.5. The van der Waals surface area contributed by atoms with E-state index in [9.17, 15) is 0 Å². The van der Waals surface area contributed by atoms with E-state index >= 15 is 0 Å². The Labute approximate surface area is 196 Å². The molecule has 0 saturated heterocycles. The lowest BCUT2D eigenvalue weighted by Crippen LogP contribution is -2.40. The summed E-state index contributed by atoms with van der Waals surface area (Å²) in [7, 11) is 1.71. The molecule has 5 heteroatoms. The third-order valence-corrected chi connectivity index (χ3v) is 6.79. The Bertz CT molecular complexity index is 1140. The van der Waals surface area contributed by atoms with Gasteiger partial charge in [0.25, 0.3) is 0 Å². The van der Waals surface area contributed by atoms with Crippen LogP contribution in [0.1, 0.15) is 57.4 Å². The number of aromatic nitrogens is 1. The molecule has 3 aromatic rings. The second-order valence-corrected chi connectivity index (χ2v) is 9.03. The fourth-order valence-corrected chi connectivity index (χ4v) is 4.94. The van der Waals surface area contributed by atoms with Gasteiger partial charge < -0.3 is 18.9 Å². The van der Waals surface area contributed by atoms with Crippen molar-refractivity contribution in [1.82, 2.24) is 0 Å². The first-order valence-electron chi connectivity index (χ1n) is 12.4. The van der Waals surface area contributed by atoms with E-state index in [0.717, 1.165) is 59.8 Å². The maximum Gasteiger partial charge on any atom is 0.231 e. The molecule has 0 bridgehead atoms. The zero-order valence-electron chi connectivity index (χ0n) is 19.8. The monoisotopic (exact) mass is 448 g/mol. The first-order chi connectivity index (χ1) is 16.3. The molecule has 2 aliphatic rings. The number of aryl methyl sites for hydroxylation is 2. The molecular weight excluding hydrogens is 414 g/mol. The maximum atomic E-state index is 6.32. The number of hydrogen-bond acceptors (Lipinski definition) is 4. The summed E-state index contributed by atoms with van der Waals surface area (Å²) in [5, 5.41) is 2.26. The van der Waals surface area contributed by atoms with Crippen molar-refractivity contribution in [2.45, 2.75) is 64.8 Å². The highest BCUT2D eigenvalue weighted by Gasteiger charge is 2.28. The zero-order valence-corrected chi connectivity index (χ0v) is 19.8. The van der Waals surface area contributed by atoms with E-state index in [0.29, 0.717) is 6.79 Å². The Balaban J connectivity index is 1.38. The Kier molecular flexibility index (Phi) is 6.56. The molecule has 0 aliphatic carbocycles. The molecule has 3 heterocycles. The normalized spacial score (nSPS) is 13.6. The van der Waals surface area contributed by atoms with Gasteiger partial charge in [0.1, 0.15) is 0 Å². The van der Waals surface area contributed by atoms with Crippen molar-refractivity contribution in [2.75, 3.05) is 20.5 Å². The van der Waals surface area contributed by atoms with Gasteiger partial charge in [0.15, 0.2) is 35.7 Å². The molecule has 1 aromatic heterocycles. The van der Waals surface area contributed by atoms with Gasteiger partial charge in [0, 0.05) is 12.5 Å². The first-order valence-corrected chi connectivity index (χ1v) is 12.4. The topological polar surface area (TPSA) is 40.8 Å². The van der Waals surface area contributed by atoms with Crippen molar-refractivity contribution in [2.24, 2.45) is 0 Å². The minimum absolute atomic E-state index is 0.301. The molecule has 0 fully saturated rings. The largest absolute Gasteiger partial charge is 0.493 e. The van der Waals surface area contributed by atoms with E-state index in [1.54, 1.807) is 7.11 Å². The second-order valence-electron chi connectivity index (χ2n) is 9.03. The third kappa shape index (κ3) is 4.46. The molecule has 0 atom stereocenters. The van der Waals surface area contributed by atoms with Gasteiger partial charge in [-0.1, -0.05) is 45.4 Å². The first kappa shape index (κ1) is 21.9. The minimum atomic E-state index is 0.301. The van der Waals surface area contributed by atoms with Crippen molar-refractivity contribution in [3.63, 3.8) is 0 Å². The molecule has 33 heavy (non-hydrogen) atoms. The molecule has 2 aliphatic heterocycles. The van der Waals surface area contributed by atoms with Gasteiger partial charge in [-0.3, -0.25) is 0 Å². The van der Waals surface area contributed by atoms with E-state index in [1.807, 2.05) is 6.07 Å². The fraction of sp³-hybridized carbons (Fsp3) is 0.464. The number of fused-ring (bicyclic) bond motifs is 5. The van der Waals surface area contributed by atoms with Crippen LogP contribution in [0.15, 0.2) is 36.5 Å². The van der Waals surface area contributed by atoms with Crippen LogP contribution in [0, 0.1) is 0 Å². The summed E-state index contributed by atoms with van der Waals surface area (Å²) in [6.07, 6.45) is 12.1. The predicted molar refractivity (Wildman–Crippen MR) is 129 cm³/mol. The van der Waals surface area contributed by atoms with Crippen LogP contribution in [-0.4, -0.2) is 20.5 Å². The number of rotatable bonds is 10. The smallest absolute Gasteiger partial charge is 0.231 e. The number of benzene rings is 2. The average Bonchev–Trinajstić information content (AvgIpc) is 3.30. The van der Waals surface area contributed by atoms with Gasteiger partial charge in [-0.15, -0.1) is 0 Å². The number of unbranched alkanes of at least 4 members (excludes halogenated alkanes) is 6. The Morgan fingerprint density at radius 3 is 2.55 bits per heavy atom. The second kappa shape index (κ2) is 9.90. The maximum absolute atomic E-state index is 6.32. The molecule has 0 N–H and O–H groups in total. The van der Waals surface area contributed by atoms with Crippen molar-refractivity contribution in [3.8, 4) is 34.3 Å². The number of hydrogen-bond donors (Lipinski definition) is 0. The molecular formula is C28H34NO4+. The van der Waals surface area contributed by atoms with Crippen LogP contribution in [0.3, 0.4) is 0 Å². The van der Waals surface area contributed by atoms with Crippen molar-refractivity contribution >= 4 is 10.8 Å². The predicted octanol–water partition coefficient (Wildman–Crippen LogP) is 6.22. The summed E-state index contributed by atoms with van der Waals surface area (Å²) in [4.78, 5) is 0. The van der Waals surface area contributed by atoms with Crippen LogP contribution in [0.2, 0.25) is 0 Å². The van der Waals surface area contributed by atoms with Gasteiger partial charge in [0.05, 0.1) is 24.7 Å². The number of nitrogens with zero attached hydrogens (tertiary/aromatic N) is 1. The molecule has 0 radical (unpaired) electrons. The number of pyridine rings is 1. The Morgan fingerprint density at radius 1 is 0.939 bits per heavy atom. The minimum Gasteiger partial charge on any atom is -0.493 e. The summed E-state index contributed by atoms with van der Waals surface area (Å²) in [5.41, 5.74) is 3.72. The third-order valence-electron chi connectivity index (χ3n) is 6.79. The van der Waals surface area contributed by atoms with Crippen LogP contribution in [0.5, 0.6) is 23.0 Å². The van der Waals surface area contributed by atoms with Crippen LogP contribution in [0.25, 0.3) is 22.0 Å². The molecule has 0 unspecified atom stereocenters. The molecule has 174 valence electrons. The van der Waals surface area contributed by atoms with Gasteiger partial charge in [-0.2, -0.15) is 4.57 Å². The average molecular weight is 449 g/mol. The molecule has 5 rings (SSSR count). The van der Waals surface area contributed by atoms with Gasteiger partial charge >= 0.3 is 0 Å². The summed E-state index contributed by atoms with van der Waals surface area (Å²) in [6.45, 7) is 4.20. The van der Waals surface area contributed by atoms with Gasteiger partial charge in [-0.05, 0) is 41.6 Å². The SMILES string of the molecule is CCCCCCCCCOc1c(OC)ccc2cc3[n+](cc12)CCc1cc2c(cc1-3)OCO2. The standard InChI is InChI=1S/C28H34NO4/c1-3-4-5-6-7-8-9-14-31-28-23-18-29-13-12-21-16-26-27(33-19-32-26)17-22(21)24(29)15-20(23)10-11-25(28)30-2/h10-11,15-18H,3-9,12-14,19H2,1-2H3/q+1. The lowest BCUT2D eigenvalue weighted by molar-refractivity contribution is -0.686. The number of ether oxygens (including phenoxy) is 4. The van der Waals surface area contributed by atoms with Crippen LogP contribution >= 0.6 is 0 Å². The molecule has 0 saturated carbocycles.